The van der Waals surface area contributed by atoms with Crippen LogP contribution in [0.5, 0.6) is 0 Å². The second-order valence-corrected chi connectivity index (χ2v) is 8.24. The number of non-ortho nitro benzene ring substituents is 1. The van der Waals surface area contributed by atoms with E-state index in [0.29, 0.717) is 20.6 Å². The molecular formula is C24H19N3O5S. The van der Waals surface area contributed by atoms with Crippen molar-refractivity contribution in [2.45, 2.75) is 13.0 Å². The molecule has 0 saturated carbocycles. The molecule has 0 fully saturated rings. The van der Waals surface area contributed by atoms with Crippen LogP contribution in [0.2, 0.25) is 0 Å². The van der Waals surface area contributed by atoms with Crippen molar-refractivity contribution < 1.29 is 14.5 Å². The minimum absolute atomic E-state index is 0.0315. The second-order valence-electron chi connectivity index (χ2n) is 7.23. The van der Waals surface area contributed by atoms with Gasteiger partial charge in [-0.2, -0.15) is 0 Å². The van der Waals surface area contributed by atoms with E-state index in [1.54, 1.807) is 25.1 Å². The van der Waals surface area contributed by atoms with E-state index in [2.05, 4.69) is 11.6 Å². The summed E-state index contributed by atoms with van der Waals surface area (Å²) in [6.07, 6.45) is 3.13. The summed E-state index contributed by atoms with van der Waals surface area (Å²) in [6, 6.07) is 14.4. The lowest BCUT2D eigenvalue weighted by molar-refractivity contribution is -0.384. The van der Waals surface area contributed by atoms with Crippen LogP contribution in [0.4, 0.5) is 5.69 Å². The number of thiazole rings is 1. The van der Waals surface area contributed by atoms with Gasteiger partial charge in [-0.05, 0) is 36.3 Å². The summed E-state index contributed by atoms with van der Waals surface area (Å²) in [5.74, 6) is -0.561. The number of carbonyl (C=O) groups is 1. The minimum Gasteiger partial charge on any atom is -0.458 e. The van der Waals surface area contributed by atoms with Gasteiger partial charge in [-0.15, -0.1) is 0 Å². The predicted octanol–water partition coefficient (Wildman–Crippen LogP) is 2.87. The average molecular weight is 461 g/mol. The molecule has 2 aromatic carbocycles. The van der Waals surface area contributed by atoms with Gasteiger partial charge in [-0.3, -0.25) is 19.5 Å². The Kier molecular flexibility index (Phi) is 6.14. The van der Waals surface area contributed by atoms with Crippen molar-refractivity contribution >= 4 is 29.1 Å². The molecule has 0 spiro atoms. The smallest absolute Gasteiger partial charge is 0.338 e. The lowest BCUT2D eigenvalue weighted by atomic mass is 9.96. The number of aromatic nitrogens is 1. The maximum Gasteiger partial charge on any atom is 0.338 e. The van der Waals surface area contributed by atoms with Crippen LogP contribution >= 0.6 is 11.3 Å². The molecule has 4 rings (SSSR count). The molecular weight excluding hydrogens is 442 g/mol. The van der Waals surface area contributed by atoms with Gasteiger partial charge in [0.1, 0.15) is 6.61 Å². The fourth-order valence-electron chi connectivity index (χ4n) is 3.59. The van der Waals surface area contributed by atoms with E-state index in [-0.39, 0.29) is 23.4 Å². The number of rotatable bonds is 6. The van der Waals surface area contributed by atoms with E-state index in [1.807, 2.05) is 30.3 Å². The van der Waals surface area contributed by atoms with Crippen LogP contribution in [-0.2, 0) is 9.53 Å². The molecule has 33 heavy (non-hydrogen) atoms. The molecule has 0 radical (unpaired) electrons. The molecule has 9 heteroatoms. The van der Waals surface area contributed by atoms with Crippen molar-refractivity contribution in [2.75, 3.05) is 6.61 Å². The van der Waals surface area contributed by atoms with Gasteiger partial charge in [-0.1, -0.05) is 54.3 Å². The number of nitrogens with zero attached hydrogens (tertiary/aromatic N) is 3. The van der Waals surface area contributed by atoms with Crippen molar-refractivity contribution in [1.82, 2.24) is 4.57 Å². The van der Waals surface area contributed by atoms with Crippen molar-refractivity contribution in [3.05, 3.63) is 119 Å². The Morgan fingerprint density at radius 3 is 2.58 bits per heavy atom. The highest BCUT2D eigenvalue weighted by molar-refractivity contribution is 7.07. The fraction of sp³-hybridized carbons (Fsp3) is 0.125. The summed E-state index contributed by atoms with van der Waals surface area (Å²) in [5, 5.41) is 10.9. The van der Waals surface area contributed by atoms with E-state index in [0.717, 1.165) is 5.56 Å². The van der Waals surface area contributed by atoms with E-state index >= 15 is 0 Å². The highest BCUT2D eigenvalue weighted by Crippen LogP contribution is 2.30. The van der Waals surface area contributed by atoms with Crippen LogP contribution in [0, 0.1) is 10.1 Å². The molecule has 1 atom stereocenters. The highest BCUT2D eigenvalue weighted by atomic mass is 32.1. The molecule has 0 amide bonds. The third kappa shape index (κ3) is 4.31. The summed E-state index contributed by atoms with van der Waals surface area (Å²) in [5.41, 5.74) is 1.81. The molecule has 0 aliphatic carbocycles. The fourth-order valence-corrected chi connectivity index (χ4v) is 4.64. The Labute approximate surface area is 192 Å². The SMILES string of the molecule is C=CCOC(=O)C1=C(C)N=c2sc(=Cc3ccc([N+](=O)[O-])cc3)c(=O)n2C1c1ccccc1. The molecule has 1 aliphatic rings. The molecule has 2 heterocycles. The van der Waals surface area contributed by atoms with Crippen LogP contribution in [0.25, 0.3) is 6.08 Å². The van der Waals surface area contributed by atoms with E-state index in [1.165, 1.54) is 34.1 Å². The van der Waals surface area contributed by atoms with Crippen LogP contribution in [0.3, 0.4) is 0 Å². The number of allylic oxidation sites excluding steroid dienone is 1. The van der Waals surface area contributed by atoms with Crippen molar-refractivity contribution in [1.29, 1.82) is 0 Å². The van der Waals surface area contributed by atoms with E-state index < -0.39 is 16.9 Å². The van der Waals surface area contributed by atoms with Crippen molar-refractivity contribution in [3.8, 4) is 0 Å². The number of fused-ring (bicyclic) bond motifs is 1. The number of esters is 1. The number of nitro benzene ring substituents is 1. The van der Waals surface area contributed by atoms with Gasteiger partial charge in [0.15, 0.2) is 4.80 Å². The van der Waals surface area contributed by atoms with E-state index in [9.17, 15) is 19.7 Å². The monoisotopic (exact) mass is 461 g/mol. The standard InChI is InChI=1S/C24H19N3O5S/c1-3-13-32-23(29)20-15(2)25-24-26(21(20)17-7-5-4-6-8-17)22(28)19(33-24)14-16-9-11-18(12-10-16)27(30)31/h3-12,14,21H,1,13H2,2H3. The van der Waals surface area contributed by atoms with Crippen LogP contribution in [0.15, 0.2) is 88.3 Å². The van der Waals surface area contributed by atoms with Gasteiger partial charge in [-0.25, -0.2) is 9.79 Å². The first kappa shape index (κ1) is 22.1. The Bertz CT molecular complexity index is 1450. The van der Waals surface area contributed by atoms with Gasteiger partial charge < -0.3 is 4.74 Å². The lowest BCUT2D eigenvalue weighted by Crippen LogP contribution is -2.39. The summed E-state index contributed by atoms with van der Waals surface area (Å²) < 4.78 is 7.19. The summed E-state index contributed by atoms with van der Waals surface area (Å²) in [6.45, 7) is 5.33. The number of hydrogen-bond donors (Lipinski definition) is 0. The molecule has 8 nitrogen and oxygen atoms in total. The Morgan fingerprint density at radius 2 is 1.94 bits per heavy atom. The molecule has 3 aromatic rings. The van der Waals surface area contributed by atoms with Crippen LogP contribution < -0.4 is 14.9 Å². The summed E-state index contributed by atoms with van der Waals surface area (Å²) in [7, 11) is 0. The second kappa shape index (κ2) is 9.17. The van der Waals surface area contributed by atoms with Gasteiger partial charge in [0.25, 0.3) is 11.2 Å². The zero-order chi connectivity index (χ0) is 23.5. The lowest BCUT2D eigenvalue weighted by Gasteiger charge is -2.24. The predicted molar refractivity (Wildman–Crippen MR) is 124 cm³/mol. The molecule has 0 bridgehead atoms. The topological polar surface area (TPSA) is 104 Å². The number of ether oxygens (including phenoxy) is 1. The maximum absolute atomic E-state index is 13.4. The normalized spacial score (nSPS) is 15.5. The molecule has 1 unspecified atom stereocenters. The molecule has 1 aliphatic heterocycles. The third-order valence-corrected chi connectivity index (χ3v) is 6.07. The minimum atomic E-state index is -0.696. The quantitative estimate of drug-likeness (QED) is 0.243. The first-order valence-corrected chi connectivity index (χ1v) is 10.8. The first-order valence-electron chi connectivity index (χ1n) is 10.0. The van der Waals surface area contributed by atoms with Gasteiger partial charge in [0.2, 0.25) is 0 Å². The number of hydrogen-bond acceptors (Lipinski definition) is 7. The molecule has 166 valence electrons. The van der Waals surface area contributed by atoms with Gasteiger partial charge in [0, 0.05) is 12.1 Å². The highest BCUT2D eigenvalue weighted by Gasteiger charge is 2.33. The van der Waals surface area contributed by atoms with Crippen LogP contribution in [0.1, 0.15) is 24.1 Å². The summed E-state index contributed by atoms with van der Waals surface area (Å²) in [4.78, 5) is 41.7. The summed E-state index contributed by atoms with van der Waals surface area (Å²) >= 11 is 1.19. The van der Waals surface area contributed by atoms with E-state index in [4.69, 9.17) is 4.74 Å². The van der Waals surface area contributed by atoms with Crippen molar-refractivity contribution in [2.24, 2.45) is 4.99 Å². The Balaban J connectivity index is 1.88. The van der Waals surface area contributed by atoms with Crippen molar-refractivity contribution in [3.63, 3.8) is 0 Å². The Morgan fingerprint density at radius 1 is 1.24 bits per heavy atom. The maximum atomic E-state index is 13.4. The van der Waals surface area contributed by atoms with Gasteiger partial charge >= 0.3 is 5.97 Å². The zero-order valence-electron chi connectivity index (χ0n) is 17.6. The third-order valence-electron chi connectivity index (χ3n) is 5.09. The largest absolute Gasteiger partial charge is 0.458 e. The zero-order valence-corrected chi connectivity index (χ0v) is 18.5. The number of nitro groups is 1. The first-order chi connectivity index (χ1) is 15.9. The number of benzene rings is 2. The average Bonchev–Trinajstić information content (AvgIpc) is 3.11. The molecule has 0 N–H and O–H groups in total. The molecule has 1 aromatic heterocycles. The van der Waals surface area contributed by atoms with Crippen LogP contribution in [-0.4, -0.2) is 22.1 Å². The Hall–Kier alpha value is -4.11. The molecule has 0 saturated heterocycles. The number of carbonyl (C=O) groups excluding carboxylic acids is 1. The van der Waals surface area contributed by atoms with Gasteiger partial charge in [0.05, 0.1) is 26.8 Å².